The van der Waals surface area contributed by atoms with Gasteiger partial charge in [-0.15, -0.1) is 0 Å². The van der Waals surface area contributed by atoms with Crippen LogP contribution >= 0.6 is 0 Å². The maximum atomic E-state index is 11.6. The zero-order valence-corrected chi connectivity index (χ0v) is 12.3. The van der Waals surface area contributed by atoms with E-state index in [2.05, 4.69) is 9.47 Å². The molecule has 0 fully saturated rings. The van der Waals surface area contributed by atoms with E-state index in [0.717, 1.165) is 0 Å². The Morgan fingerprint density at radius 3 is 1.40 bits per heavy atom. The van der Waals surface area contributed by atoms with Crippen LogP contribution in [0.2, 0.25) is 0 Å². The fourth-order valence-electron chi connectivity index (χ4n) is 1.38. The summed E-state index contributed by atoms with van der Waals surface area (Å²) in [4.78, 5) is 33.8. The molecule has 0 N–H and O–H groups in total. The van der Waals surface area contributed by atoms with E-state index < -0.39 is 30.3 Å². The maximum Gasteiger partial charge on any atom is 0.508 e. The third-order valence-corrected chi connectivity index (χ3v) is 2.68. The quantitative estimate of drug-likeness (QED) is 0.497. The Kier molecular flexibility index (Phi) is 9.15. The monoisotopic (exact) mass is 290 g/mol. The summed E-state index contributed by atoms with van der Waals surface area (Å²) in [6.45, 7) is 3.54. The molecule has 0 saturated carbocycles. The average Bonchev–Trinajstić information content (AvgIpc) is 2.45. The van der Waals surface area contributed by atoms with Gasteiger partial charge in [0.15, 0.2) is 0 Å². The largest absolute Gasteiger partial charge is 0.508 e. The molecule has 0 spiro atoms. The lowest BCUT2D eigenvalue weighted by atomic mass is 10.2. The van der Waals surface area contributed by atoms with Gasteiger partial charge in [-0.05, 0) is 12.8 Å². The van der Waals surface area contributed by atoms with Crippen molar-refractivity contribution in [3.05, 3.63) is 0 Å². The van der Waals surface area contributed by atoms with Gasteiger partial charge in [0, 0.05) is 0 Å². The van der Waals surface area contributed by atoms with Crippen molar-refractivity contribution >= 4 is 18.1 Å². The highest BCUT2D eigenvalue weighted by molar-refractivity contribution is 5.71. The van der Waals surface area contributed by atoms with Crippen molar-refractivity contribution in [3.63, 3.8) is 0 Å². The third kappa shape index (κ3) is 7.60. The van der Waals surface area contributed by atoms with Crippen LogP contribution in [-0.4, -0.2) is 44.5 Å². The molecule has 0 rings (SSSR count). The number of methoxy groups -OCH3 is 2. The highest BCUT2D eigenvalue weighted by atomic mass is 16.7. The van der Waals surface area contributed by atoms with Crippen molar-refractivity contribution in [1.82, 2.24) is 0 Å². The standard InChI is InChI=1S/C13H22O7/c1-5-9(7-11(14)17-3)19-13(16)20-10(6-2)8-12(15)18-4/h9-10H,5-8H2,1-4H3/t9-,10-/m1/s1. The van der Waals surface area contributed by atoms with E-state index in [-0.39, 0.29) is 12.8 Å². The van der Waals surface area contributed by atoms with Gasteiger partial charge in [-0.2, -0.15) is 0 Å². The molecule has 7 heteroatoms. The van der Waals surface area contributed by atoms with E-state index in [0.29, 0.717) is 12.8 Å². The van der Waals surface area contributed by atoms with Crippen molar-refractivity contribution in [3.8, 4) is 0 Å². The van der Waals surface area contributed by atoms with Crippen molar-refractivity contribution in [1.29, 1.82) is 0 Å². The van der Waals surface area contributed by atoms with Crippen LogP contribution < -0.4 is 0 Å². The third-order valence-electron chi connectivity index (χ3n) is 2.68. The first-order valence-corrected chi connectivity index (χ1v) is 6.47. The van der Waals surface area contributed by atoms with E-state index in [1.54, 1.807) is 13.8 Å². The van der Waals surface area contributed by atoms with Crippen LogP contribution in [0.4, 0.5) is 4.79 Å². The van der Waals surface area contributed by atoms with Crippen molar-refractivity contribution in [2.45, 2.75) is 51.7 Å². The number of hydrogen-bond acceptors (Lipinski definition) is 7. The molecule has 0 aliphatic rings. The fourth-order valence-corrected chi connectivity index (χ4v) is 1.38. The summed E-state index contributed by atoms with van der Waals surface area (Å²) in [5.74, 6) is -0.933. The van der Waals surface area contributed by atoms with E-state index in [9.17, 15) is 14.4 Å². The first kappa shape index (κ1) is 18.2. The van der Waals surface area contributed by atoms with E-state index in [1.807, 2.05) is 0 Å². The summed E-state index contributed by atoms with van der Waals surface area (Å²) in [6, 6.07) is 0. The molecule has 0 heterocycles. The normalized spacial score (nSPS) is 13.0. The zero-order valence-electron chi connectivity index (χ0n) is 12.3. The van der Waals surface area contributed by atoms with Gasteiger partial charge in [-0.3, -0.25) is 9.59 Å². The zero-order chi connectivity index (χ0) is 15.5. The summed E-state index contributed by atoms with van der Waals surface area (Å²) >= 11 is 0. The smallest absolute Gasteiger partial charge is 0.469 e. The number of rotatable bonds is 8. The summed E-state index contributed by atoms with van der Waals surface area (Å²) in [6.07, 6.45) is -1.27. The molecular weight excluding hydrogens is 268 g/mol. The summed E-state index contributed by atoms with van der Waals surface area (Å²) in [7, 11) is 2.52. The second-order valence-corrected chi connectivity index (χ2v) is 4.11. The van der Waals surface area contributed by atoms with Gasteiger partial charge >= 0.3 is 18.1 Å². The highest BCUT2D eigenvalue weighted by Gasteiger charge is 2.22. The predicted octanol–water partition coefficient (Wildman–Crippen LogP) is 1.82. The minimum Gasteiger partial charge on any atom is -0.469 e. The summed E-state index contributed by atoms with van der Waals surface area (Å²) in [5, 5.41) is 0. The van der Waals surface area contributed by atoms with Crippen molar-refractivity contribution in [2.75, 3.05) is 14.2 Å². The van der Waals surface area contributed by atoms with E-state index in [1.165, 1.54) is 14.2 Å². The van der Waals surface area contributed by atoms with Crippen LogP contribution in [0.1, 0.15) is 39.5 Å². The van der Waals surface area contributed by atoms with E-state index in [4.69, 9.17) is 9.47 Å². The van der Waals surface area contributed by atoms with Gasteiger partial charge in [-0.1, -0.05) is 13.8 Å². The molecule has 0 radical (unpaired) electrons. The molecule has 7 nitrogen and oxygen atoms in total. The molecule has 20 heavy (non-hydrogen) atoms. The van der Waals surface area contributed by atoms with Crippen LogP contribution in [0.5, 0.6) is 0 Å². The van der Waals surface area contributed by atoms with Crippen LogP contribution in [0.15, 0.2) is 0 Å². The Morgan fingerprint density at radius 2 is 1.15 bits per heavy atom. The number of hydrogen-bond donors (Lipinski definition) is 0. The molecule has 0 amide bonds. The number of carbonyl (C=O) groups is 3. The lowest BCUT2D eigenvalue weighted by Gasteiger charge is -2.18. The van der Waals surface area contributed by atoms with Gasteiger partial charge in [0.05, 0.1) is 27.1 Å². The molecular formula is C13H22O7. The second kappa shape index (κ2) is 10.1. The van der Waals surface area contributed by atoms with Gasteiger partial charge in [0.2, 0.25) is 0 Å². The van der Waals surface area contributed by atoms with E-state index >= 15 is 0 Å². The Labute approximate surface area is 118 Å². The molecule has 0 aliphatic heterocycles. The topological polar surface area (TPSA) is 88.1 Å². The van der Waals surface area contributed by atoms with Crippen molar-refractivity contribution < 1.29 is 33.3 Å². The van der Waals surface area contributed by atoms with Gasteiger partial charge < -0.3 is 18.9 Å². The molecule has 0 aromatic heterocycles. The van der Waals surface area contributed by atoms with Crippen molar-refractivity contribution in [2.24, 2.45) is 0 Å². The molecule has 0 unspecified atom stereocenters. The average molecular weight is 290 g/mol. The van der Waals surface area contributed by atoms with Crippen LogP contribution in [0.3, 0.4) is 0 Å². The van der Waals surface area contributed by atoms with Crippen LogP contribution in [0.25, 0.3) is 0 Å². The lowest BCUT2D eigenvalue weighted by Crippen LogP contribution is -2.27. The molecule has 0 aromatic rings. The lowest BCUT2D eigenvalue weighted by molar-refractivity contribution is -0.143. The Bertz CT molecular complexity index is 297. The second-order valence-electron chi connectivity index (χ2n) is 4.11. The number of ether oxygens (including phenoxy) is 4. The van der Waals surface area contributed by atoms with Crippen LogP contribution in [-0.2, 0) is 28.5 Å². The summed E-state index contributed by atoms with van der Waals surface area (Å²) < 4.78 is 19.0. The van der Waals surface area contributed by atoms with Gasteiger partial charge in [0.25, 0.3) is 0 Å². The minimum atomic E-state index is -0.906. The predicted molar refractivity (Wildman–Crippen MR) is 69.0 cm³/mol. The highest BCUT2D eigenvalue weighted by Crippen LogP contribution is 2.11. The van der Waals surface area contributed by atoms with Gasteiger partial charge in [0.1, 0.15) is 12.2 Å². The summed E-state index contributed by atoms with van der Waals surface area (Å²) in [5.41, 5.74) is 0. The van der Waals surface area contributed by atoms with Crippen LogP contribution in [0, 0.1) is 0 Å². The Morgan fingerprint density at radius 1 is 0.800 bits per heavy atom. The van der Waals surface area contributed by atoms with Gasteiger partial charge in [-0.25, -0.2) is 4.79 Å². The molecule has 0 aliphatic carbocycles. The number of carbonyl (C=O) groups excluding carboxylic acids is 3. The maximum absolute atomic E-state index is 11.6. The SMILES string of the molecule is CC[C@H](CC(=O)OC)OC(=O)O[C@H](CC)CC(=O)OC. The first-order chi connectivity index (χ1) is 9.46. The number of esters is 2. The molecule has 0 aromatic carbocycles. The molecule has 2 atom stereocenters. The Hall–Kier alpha value is -1.79. The molecule has 0 saturated heterocycles. The Balaban J connectivity index is 4.28. The molecule has 116 valence electrons. The fraction of sp³-hybridized carbons (Fsp3) is 0.769. The molecule has 0 bridgehead atoms. The minimum absolute atomic E-state index is 0.0319. The first-order valence-electron chi connectivity index (χ1n) is 6.47.